The van der Waals surface area contributed by atoms with E-state index in [4.69, 9.17) is 20.0 Å². The SMILES string of the molecule is CC(=O)N1CCc2c(c(C(=O)NC3C4(C)CCC(C4)C3(C)C)nn2Cc2ccccc2)C1.CC(C)(C)OC(=O)N1CCc2c(c(C(=O)NC3C4(C)CCC(C4)C3(C)C)nn2-c2ccccc2)C1.CCC(=O)N1CCc2c(c(C(=O)NC3C4(C)CCC(C4)C3(C)C)nn2Cc2ccccc2)C1. The van der Waals surface area contributed by atoms with E-state index in [0.717, 1.165) is 76.3 Å². The van der Waals surface area contributed by atoms with Gasteiger partial charge >= 0.3 is 6.09 Å². The van der Waals surface area contributed by atoms with Crippen molar-refractivity contribution in [2.45, 2.75) is 237 Å². The lowest BCUT2D eigenvalue weighted by Gasteiger charge is -2.43. The Bertz CT molecular complexity index is 4090. The van der Waals surface area contributed by atoms with Crippen LogP contribution in [0.25, 0.3) is 5.69 Å². The van der Waals surface area contributed by atoms with Gasteiger partial charge in [0.15, 0.2) is 17.1 Å². The molecule has 6 saturated carbocycles. The maximum Gasteiger partial charge on any atom is 0.410 e. The smallest absolute Gasteiger partial charge is 0.410 e. The third-order valence-electron chi connectivity index (χ3n) is 25.7. The Labute approximate surface area is 591 Å². The zero-order valence-electron chi connectivity index (χ0n) is 61.9. The van der Waals surface area contributed by atoms with E-state index in [1.165, 1.54) is 44.9 Å². The maximum absolute atomic E-state index is 13.8. The Morgan fingerprint density at radius 3 is 1.24 bits per heavy atom. The van der Waals surface area contributed by atoms with E-state index in [1.807, 2.05) is 118 Å². The minimum atomic E-state index is -0.575. The van der Waals surface area contributed by atoms with Gasteiger partial charge in [0.25, 0.3) is 17.7 Å². The van der Waals surface area contributed by atoms with E-state index < -0.39 is 5.60 Å². The second kappa shape index (κ2) is 26.4. The predicted molar refractivity (Wildman–Crippen MR) is 385 cm³/mol. The normalized spacial score (nSPS) is 27.4. The molecule has 9 aliphatic rings. The molecule has 9 unspecified atom stereocenters. The second-order valence-electron chi connectivity index (χ2n) is 34.6. The van der Waals surface area contributed by atoms with Gasteiger partial charge in [0, 0.05) is 112 Å². The van der Waals surface area contributed by atoms with Crippen LogP contribution >= 0.6 is 0 Å². The number of para-hydroxylation sites is 1. The van der Waals surface area contributed by atoms with Gasteiger partial charge in [0.1, 0.15) is 5.60 Å². The van der Waals surface area contributed by atoms with Gasteiger partial charge in [0.05, 0.1) is 31.0 Å². The molecule has 6 heterocycles. The number of fused-ring (bicyclic) bond motifs is 9. The summed E-state index contributed by atoms with van der Waals surface area (Å²) in [6, 6.07) is 30.7. The van der Waals surface area contributed by atoms with Crippen molar-refractivity contribution in [2.75, 3.05) is 19.6 Å². The van der Waals surface area contributed by atoms with Crippen LogP contribution in [0, 0.1) is 50.2 Å². The first-order valence-electron chi connectivity index (χ1n) is 37.2. The summed E-state index contributed by atoms with van der Waals surface area (Å²) in [6.07, 6.45) is 12.9. The number of carbonyl (C=O) groups is 6. The van der Waals surface area contributed by atoms with Gasteiger partial charge in [-0.05, 0) is 152 Å². The molecule has 3 aliphatic heterocycles. The van der Waals surface area contributed by atoms with E-state index >= 15 is 0 Å². The Kier molecular flexibility index (Phi) is 18.6. The number of nitrogens with one attached hydrogen (secondary N) is 3. The summed E-state index contributed by atoms with van der Waals surface area (Å²) >= 11 is 0. The number of amides is 6. The molecule has 9 atom stereocenters. The molecule has 3 aromatic heterocycles. The minimum absolute atomic E-state index is 0.0413. The van der Waals surface area contributed by atoms with Crippen LogP contribution < -0.4 is 16.0 Å². The number of ether oxygens (including phenoxy) is 1. The van der Waals surface area contributed by atoms with Crippen molar-refractivity contribution in [3.05, 3.63) is 153 Å². The van der Waals surface area contributed by atoms with E-state index in [-0.39, 0.29) is 86.2 Å². The van der Waals surface area contributed by atoms with Crippen LogP contribution in [0.2, 0.25) is 0 Å². The number of rotatable bonds is 12. The van der Waals surface area contributed by atoms with E-state index in [0.29, 0.717) is 100 Å². The molecule has 15 rings (SSSR count). The summed E-state index contributed by atoms with van der Waals surface area (Å²) in [6.45, 7) is 34.2. The first-order valence-corrected chi connectivity index (χ1v) is 37.2. The lowest BCUT2D eigenvalue weighted by atomic mass is 9.68. The van der Waals surface area contributed by atoms with Gasteiger partial charge in [-0.1, -0.05) is 148 Å². The summed E-state index contributed by atoms with van der Waals surface area (Å²) in [5.74, 6) is 1.81. The maximum atomic E-state index is 13.8. The molecule has 19 heteroatoms. The first-order chi connectivity index (χ1) is 47.3. The van der Waals surface area contributed by atoms with Gasteiger partial charge in [-0.3, -0.25) is 33.3 Å². The number of carbonyl (C=O) groups excluding carboxylic acids is 6. The van der Waals surface area contributed by atoms with E-state index in [1.54, 1.807) is 11.8 Å². The van der Waals surface area contributed by atoms with Crippen molar-refractivity contribution in [2.24, 2.45) is 50.2 Å². The van der Waals surface area contributed by atoms with E-state index in [2.05, 4.69) is 103 Å². The summed E-state index contributed by atoms with van der Waals surface area (Å²) < 4.78 is 11.5. The van der Waals surface area contributed by atoms with Crippen LogP contribution in [-0.4, -0.2) is 123 Å². The molecule has 6 amide bonds. The zero-order chi connectivity index (χ0) is 71.2. The van der Waals surface area contributed by atoms with Crippen molar-refractivity contribution in [3.8, 4) is 5.69 Å². The highest BCUT2D eigenvalue weighted by molar-refractivity contribution is 5.96. The Morgan fingerprint density at radius 2 is 0.850 bits per heavy atom. The number of hydrogen-bond acceptors (Lipinski definition) is 10. The zero-order valence-corrected chi connectivity index (χ0v) is 61.9. The molecule has 0 saturated heterocycles. The highest BCUT2D eigenvalue weighted by Crippen LogP contribution is 2.65. The Balaban J connectivity index is 0.000000135. The van der Waals surface area contributed by atoms with Crippen molar-refractivity contribution >= 4 is 35.6 Å². The van der Waals surface area contributed by atoms with Gasteiger partial charge in [-0.2, -0.15) is 15.3 Å². The summed E-state index contributed by atoms with van der Waals surface area (Å²) in [5, 5.41) is 24.7. The lowest BCUT2D eigenvalue weighted by Crippen LogP contribution is -2.52. The number of aromatic nitrogens is 6. The fourth-order valence-corrected chi connectivity index (χ4v) is 20.3. The molecule has 19 nitrogen and oxygen atoms in total. The third kappa shape index (κ3) is 13.1. The molecule has 3 aromatic carbocycles. The topological polar surface area (TPSA) is 211 Å². The van der Waals surface area contributed by atoms with Gasteiger partial charge in [-0.15, -0.1) is 0 Å². The molecule has 534 valence electrons. The standard InChI is InChI=1S/C28H38N4O3.C27H36N4O2.C26H34N4O2/c1-26(2,3)35-25(34)31-15-13-21-20(17-31)22(30-32(21)19-10-8-7-9-11-19)23(33)29-24-27(4,5)18-12-14-28(24,6)16-18;1-5-22(32)30-14-12-21-20(17-30)23(29-31(21)16-18-9-7-6-8-10-18)24(33)28-25-26(2,3)19-11-13-27(25,4)15-19;1-17(31)29-13-11-21-20(16-29)22(28-30(21)15-18-8-6-5-7-9-18)23(32)27-24-25(2,3)19-10-12-26(24,4)14-19/h7-11,18,24H,12-17H2,1-6H3,(H,29,33);6-10,19,25H,5,11-17H2,1-4H3,(H,28,33);5-9,19,24H,10-16H2,1-4H3,(H,27,32). The molecule has 6 fully saturated rings. The van der Waals surface area contributed by atoms with Crippen LogP contribution in [0.15, 0.2) is 91.0 Å². The number of hydrogen-bond donors (Lipinski definition) is 3. The van der Waals surface area contributed by atoms with Gasteiger partial charge < -0.3 is 35.4 Å². The molecule has 0 radical (unpaired) electrons. The van der Waals surface area contributed by atoms with Gasteiger partial charge in [0.2, 0.25) is 11.8 Å². The minimum Gasteiger partial charge on any atom is -0.444 e. The van der Waals surface area contributed by atoms with Crippen molar-refractivity contribution in [3.63, 3.8) is 0 Å². The summed E-state index contributed by atoms with van der Waals surface area (Å²) in [4.78, 5) is 83.9. The van der Waals surface area contributed by atoms with Crippen molar-refractivity contribution in [1.29, 1.82) is 0 Å². The largest absolute Gasteiger partial charge is 0.444 e. The molecular weight excluding hydrogens is 1250 g/mol. The second-order valence-corrected chi connectivity index (χ2v) is 34.6. The van der Waals surface area contributed by atoms with Crippen molar-refractivity contribution < 1.29 is 33.5 Å². The van der Waals surface area contributed by atoms with Crippen LogP contribution in [0.1, 0.15) is 238 Å². The average molecular weight is 1360 g/mol. The average Bonchev–Trinajstić information content (AvgIpc) is 1.58. The quantitative estimate of drug-likeness (QED) is 0.105. The summed E-state index contributed by atoms with van der Waals surface area (Å²) in [7, 11) is 0. The fraction of sp³-hybridized carbons (Fsp3) is 0.593. The molecule has 0 spiro atoms. The third-order valence-corrected chi connectivity index (χ3v) is 25.7. The highest BCUT2D eigenvalue weighted by atomic mass is 16.6. The van der Waals surface area contributed by atoms with E-state index in [9.17, 15) is 28.8 Å². The van der Waals surface area contributed by atoms with Gasteiger partial charge in [-0.25, -0.2) is 9.48 Å². The summed E-state index contributed by atoms with van der Waals surface area (Å²) in [5.41, 5.74) is 10.5. The Hall–Kier alpha value is -8.09. The molecule has 3 N–H and O–H groups in total. The number of nitrogens with zero attached hydrogens (tertiary/aromatic N) is 9. The van der Waals surface area contributed by atoms with Crippen LogP contribution in [-0.2, 0) is 66.3 Å². The van der Waals surface area contributed by atoms with Crippen LogP contribution in [0.4, 0.5) is 4.79 Å². The van der Waals surface area contributed by atoms with Crippen LogP contribution in [0.5, 0.6) is 0 Å². The monoisotopic (exact) mass is 1360 g/mol. The van der Waals surface area contributed by atoms with Crippen molar-refractivity contribution in [1.82, 2.24) is 60.0 Å². The predicted octanol–water partition coefficient (Wildman–Crippen LogP) is 13.1. The molecule has 6 aromatic rings. The lowest BCUT2D eigenvalue weighted by molar-refractivity contribution is -0.132. The molecule has 100 heavy (non-hydrogen) atoms. The molecular formula is C81H108N12O7. The number of benzene rings is 3. The highest BCUT2D eigenvalue weighted by Gasteiger charge is 2.62. The fourth-order valence-electron chi connectivity index (χ4n) is 20.3. The van der Waals surface area contributed by atoms with Crippen LogP contribution in [0.3, 0.4) is 0 Å². The Morgan fingerprint density at radius 1 is 0.490 bits per heavy atom. The molecule has 6 bridgehead atoms. The molecule has 6 aliphatic carbocycles. The first kappa shape index (κ1) is 70.4.